The first kappa shape index (κ1) is 14.9. The lowest BCUT2D eigenvalue weighted by Gasteiger charge is -2.13. The second-order valence-corrected chi connectivity index (χ2v) is 5.43. The van der Waals surface area contributed by atoms with Crippen molar-refractivity contribution in [3.63, 3.8) is 0 Å². The Morgan fingerprint density at radius 3 is 2.74 bits per heavy atom. The Balaban J connectivity index is 1.90. The highest BCUT2D eigenvalue weighted by atomic mass is 16.2. The molecule has 23 heavy (non-hydrogen) atoms. The van der Waals surface area contributed by atoms with E-state index in [1.54, 1.807) is 17.8 Å². The number of nitrogens with one attached hydrogen (secondary N) is 2. The number of fused-ring (bicyclic) bond motifs is 1. The predicted molar refractivity (Wildman–Crippen MR) is 82.2 cm³/mol. The molecule has 0 aliphatic heterocycles. The minimum atomic E-state index is -0.486. The van der Waals surface area contributed by atoms with Crippen molar-refractivity contribution in [1.29, 1.82) is 0 Å². The zero-order valence-corrected chi connectivity index (χ0v) is 13.3. The molecule has 0 spiro atoms. The molecule has 1 unspecified atom stereocenters. The Bertz CT molecular complexity index is 950. The predicted octanol–water partition coefficient (Wildman–Crippen LogP) is 0.259. The molecule has 1 amide bonds. The fourth-order valence-electron chi connectivity index (χ4n) is 2.41. The fourth-order valence-corrected chi connectivity index (χ4v) is 2.41. The summed E-state index contributed by atoms with van der Waals surface area (Å²) in [6.07, 6.45) is 2.95. The number of amides is 1. The lowest BCUT2D eigenvalue weighted by molar-refractivity contribution is 0.0937. The van der Waals surface area contributed by atoms with Crippen LogP contribution >= 0.6 is 0 Å². The van der Waals surface area contributed by atoms with Crippen LogP contribution in [0.5, 0.6) is 0 Å². The average molecular weight is 315 g/mol. The van der Waals surface area contributed by atoms with Gasteiger partial charge in [0, 0.05) is 24.5 Å². The highest BCUT2D eigenvalue weighted by Crippen LogP contribution is 2.16. The lowest BCUT2D eigenvalue weighted by Crippen LogP contribution is -2.33. The molecule has 3 aromatic rings. The van der Waals surface area contributed by atoms with E-state index in [1.807, 2.05) is 20.9 Å². The van der Waals surface area contributed by atoms with Gasteiger partial charge in [-0.2, -0.15) is 14.6 Å². The van der Waals surface area contributed by atoms with E-state index >= 15 is 0 Å². The molecular weight excluding hydrogens is 298 g/mol. The van der Waals surface area contributed by atoms with E-state index in [9.17, 15) is 9.59 Å². The first-order valence-corrected chi connectivity index (χ1v) is 7.12. The number of H-pyrrole nitrogens is 1. The molecule has 3 heterocycles. The van der Waals surface area contributed by atoms with Crippen molar-refractivity contribution in [3.05, 3.63) is 45.4 Å². The van der Waals surface area contributed by atoms with Crippen LogP contribution < -0.4 is 10.9 Å². The van der Waals surface area contributed by atoms with E-state index in [1.165, 1.54) is 6.20 Å². The van der Waals surface area contributed by atoms with Gasteiger partial charge < -0.3 is 5.32 Å². The topological polar surface area (TPSA) is 110 Å². The standard InChI is InChI=1S/C14H17N7O2/c1-7(10-6-16-20(4)8(10)2)17-12(22)11-5-15-14-18-9(3)19-21(14)13(11)23/h5-7H,1-4H3,(H,17,22)(H,15,18,19). The average Bonchev–Trinajstić information content (AvgIpc) is 3.03. The van der Waals surface area contributed by atoms with Crippen LogP contribution in [0, 0.1) is 13.8 Å². The molecule has 0 aliphatic rings. The van der Waals surface area contributed by atoms with Gasteiger partial charge in [0.1, 0.15) is 11.4 Å². The third-order valence-corrected chi connectivity index (χ3v) is 3.82. The van der Waals surface area contributed by atoms with Crippen molar-refractivity contribution in [1.82, 2.24) is 34.7 Å². The normalized spacial score (nSPS) is 12.5. The summed E-state index contributed by atoms with van der Waals surface area (Å²) in [5.74, 6) is 0.298. The highest BCUT2D eigenvalue weighted by molar-refractivity contribution is 5.93. The van der Waals surface area contributed by atoms with Crippen LogP contribution in [0.15, 0.2) is 17.2 Å². The number of aromatic amines is 1. The number of carbonyl (C=O) groups is 1. The Morgan fingerprint density at radius 1 is 1.35 bits per heavy atom. The number of hydrogen-bond donors (Lipinski definition) is 2. The number of carbonyl (C=O) groups excluding carboxylic acids is 1. The quantitative estimate of drug-likeness (QED) is 0.720. The summed E-state index contributed by atoms with van der Waals surface area (Å²) in [6, 6.07) is -0.278. The third kappa shape index (κ3) is 2.50. The summed E-state index contributed by atoms with van der Waals surface area (Å²) < 4.78 is 2.89. The minimum absolute atomic E-state index is 0.0421. The fraction of sp³-hybridized carbons (Fsp3) is 0.357. The molecule has 3 aromatic heterocycles. The summed E-state index contributed by atoms with van der Waals surface area (Å²) in [7, 11) is 1.83. The van der Waals surface area contributed by atoms with Gasteiger partial charge in [0.15, 0.2) is 0 Å². The molecule has 0 saturated heterocycles. The van der Waals surface area contributed by atoms with Gasteiger partial charge in [-0.25, -0.2) is 4.98 Å². The van der Waals surface area contributed by atoms with Crippen LogP contribution in [0.1, 0.15) is 40.4 Å². The van der Waals surface area contributed by atoms with E-state index < -0.39 is 11.5 Å². The van der Waals surface area contributed by atoms with Crippen LogP contribution in [0.3, 0.4) is 0 Å². The summed E-state index contributed by atoms with van der Waals surface area (Å²) in [6.45, 7) is 5.47. The Labute approximate surface area is 131 Å². The van der Waals surface area contributed by atoms with E-state index in [2.05, 4.69) is 25.5 Å². The van der Waals surface area contributed by atoms with Gasteiger partial charge in [-0.05, 0) is 20.8 Å². The number of rotatable bonds is 3. The molecule has 1 atom stereocenters. The minimum Gasteiger partial charge on any atom is -0.345 e. The van der Waals surface area contributed by atoms with Crippen molar-refractivity contribution in [2.75, 3.05) is 0 Å². The second kappa shape index (κ2) is 5.34. The van der Waals surface area contributed by atoms with Crippen molar-refractivity contribution >= 4 is 11.7 Å². The largest absolute Gasteiger partial charge is 0.345 e. The van der Waals surface area contributed by atoms with Gasteiger partial charge in [-0.15, -0.1) is 0 Å². The molecule has 0 aliphatic carbocycles. The van der Waals surface area contributed by atoms with Gasteiger partial charge >= 0.3 is 0 Å². The molecule has 0 saturated carbocycles. The number of aryl methyl sites for hydroxylation is 2. The molecule has 0 radical (unpaired) electrons. The van der Waals surface area contributed by atoms with E-state index in [4.69, 9.17) is 0 Å². The maximum absolute atomic E-state index is 12.4. The smallest absolute Gasteiger partial charge is 0.286 e. The molecule has 9 nitrogen and oxygen atoms in total. The summed E-state index contributed by atoms with van der Waals surface area (Å²) >= 11 is 0. The zero-order chi connectivity index (χ0) is 16.7. The van der Waals surface area contributed by atoms with Crippen LogP contribution in [0.2, 0.25) is 0 Å². The zero-order valence-electron chi connectivity index (χ0n) is 13.3. The molecule has 9 heteroatoms. The van der Waals surface area contributed by atoms with Crippen molar-refractivity contribution in [2.45, 2.75) is 26.8 Å². The monoisotopic (exact) mass is 315 g/mol. The molecule has 120 valence electrons. The number of aromatic nitrogens is 6. The van der Waals surface area contributed by atoms with Gasteiger partial charge in [0.05, 0.1) is 12.2 Å². The van der Waals surface area contributed by atoms with Crippen molar-refractivity contribution < 1.29 is 4.79 Å². The summed E-state index contributed by atoms with van der Waals surface area (Å²) in [5, 5.41) is 9.71. The molecule has 2 N–H and O–H groups in total. The van der Waals surface area contributed by atoms with E-state index in [0.717, 1.165) is 15.8 Å². The van der Waals surface area contributed by atoms with Crippen LogP contribution in [0.25, 0.3) is 5.78 Å². The molecule has 3 rings (SSSR count). The Hall–Kier alpha value is -2.97. The van der Waals surface area contributed by atoms with Gasteiger partial charge in [0.25, 0.3) is 17.2 Å². The Kier molecular flexibility index (Phi) is 3.47. The second-order valence-electron chi connectivity index (χ2n) is 5.43. The Morgan fingerprint density at radius 2 is 2.09 bits per heavy atom. The first-order valence-electron chi connectivity index (χ1n) is 7.12. The maximum atomic E-state index is 12.4. The lowest BCUT2D eigenvalue weighted by atomic mass is 10.1. The van der Waals surface area contributed by atoms with Crippen LogP contribution in [-0.4, -0.2) is 35.3 Å². The molecule has 0 bridgehead atoms. The first-order chi connectivity index (χ1) is 10.9. The maximum Gasteiger partial charge on any atom is 0.286 e. The molecular formula is C14H17N7O2. The summed E-state index contributed by atoms with van der Waals surface area (Å²) in [5.41, 5.74) is 1.32. The van der Waals surface area contributed by atoms with Gasteiger partial charge in [0.2, 0.25) is 0 Å². The highest BCUT2D eigenvalue weighted by Gasteiger charge is 2.19. The molecule has 0 fully saturated rings. The van der Waals surface area contributed by atoms with E-state index in [-0.39, 0.29) is 17.4 Å². The molecule has 0 aromatic carbocycles. The van der Waals surface area contributed by atoms with E-state index in [0.29, 0.717) is 5.82 Å². The number of nitrogens with zero attached hydrogens (tertiary/aromatic N) is 5. The SMILES string of the molecule is Cc1nc2ncc(C(=O)NC(C)c3cnn(C)c3C)c(=O)n2[nH]1. The van der Waals surface area contributed by atoms with Crippen LogP contribution in [0.4, 0.5) is 0 Å². The van der Waals surface area contributed by atoms with Gasteiger partial charge in [-0.1, -0.05) is 0 Å². The van der Waals surface area contributed by atoms with Crippen molar-refractivity contribution in [2.24, 2.45) is 7.05 Å². The number of hydrogen-bond acceptors (Lipinski definition) is 5. The van der Waals surface area contributed by atoms with Gasteiger partial charge in [-0.3, -0.25) is 19.4 Å². The summed E-state index contributed by atoms with van der Waals surface area (Å²) in [4.78, 5) is 32.8. The van der Waals surface area contributed by atoms with Crippen molar-refractivity contribution in [3.8, 4) is 0 Å². The van der Waals surface area contributed by atoms with Crippen LogP contribution in [-0.2, 0) is 7.05 Å². The third-order valence-electron chi connectivity index (χ3n) is 3.82.